The topological polar surface area (TPSA) is 81.4 Å². The van der Waals surface area contributed by atoms with E-state index < -0.39 is 17.6 Å². The molecule has 1 heterocycles. The molecule has 0 saturated heterocycles. The van der Waals surface area contributed by atoms with E-state index in [2.05, 4.69) is 20.7 Å². The lowest BCUT2D eigenvalue weighted by Gasteiger charge is -2.11. The number of hydrazone groups is 1. The molecule has 196 valence electrons. The van der Waals surface area contributed by atoms with Crippen LogP contribution >= 0.6 is 23.4 Å². The molecule has 0 spiro atoms. The summed E-state index contributed by atoms with van der Waals surface area (Å²) in [4.78, 5) is 12.4. The number of thioether (sulfide) groups is 1. The molecule has 12 heteroatoms. The predicted molar refractivity (Wildman–Crippen MR) is 141 cm³/mol. The second-order valence-corrected chi connectivity index (χ2v) is 9.12. The summed E-state index contributed by atoms with van der Waals surface area (Å²) >= 11 is 7.13. The molecule has 0 aliphatic rings. The van der Waals surface area contributed by atoms with Crippen LogP contribution in [-0.4, -0.2) is 39.2 Å². The summed E-state index contributed by atoms with van der Waals surface area (Å²) in [5.41, 5.74) is 2.77. The number of hydrogen-bond donors (Lipinski definition) is 1. The second-order valence-electron chi connectivity index (χ2n) is 7.74. The number of alkyl halides is 3. The Bertz CT molecular complexity index is 1420. The molecule has 0 atom stereocenters. The third kappa shape index (κ3) is 6.73. The number of ether oxygens (including phenoxy) is 1. The van der Waals surface area contributed by atoms with E-state index in [1.165, 1.54) is 18.2 Å². The van der Waals surface area contributed by atoms with Gasteiger partial charge in [-0.1, -0.05) is 41.6 Å². The zero-order valence-electron chi connectivity index (χ0n) is 19.9. The summed E-state index contributed by atoms with van der Waals surface area (Å²) in [6, 6.07) is 19.4. The number of benzene rings is 3. The highest BCUT2D eigenvalue weighted by Crippen LogP contribution is 2.31. The minimum atomic E-state index is -4.53. The molecule has 38 heavy (non-hydrogen) atoms. The molecule has 4 rings (SSSR count). The van der Waals surface area contributed by atoms with Gasteiger partial charge in [-0.2, -0.15) is 18.3 Å². The van der Waals surface area contributed by atoms with Crippen LogP contribution in [0.25, 0.3) is 17.1 Å². The molecule has 4 aromatic rings. The first-order chi connectivity index (χ1) is 18.3. The Kier molecular flexibility index (Phi) is 8.70. The maximum absolute atomic E-state index is 13.1. The summed E-state index contributed by atoms with van der Waals surface area (Å²) in [6.45, 7) is 2.42. The Morgan fingerprint density at radius 3 is 2.47 bits per heavy atom. The van der Waals surface area contributed by atoms with Gasteiger partial charge in [0.1, 0.15) is 5.75 Å². The molecule has 3 aromatic carbocycles. The minimum Gasteiger partial charge on any atom is -0.494 e. The number of hydrogen-bond acceptors (Lipinski definition) is 6. The van der Waals surface area contributed by atoms with Gasteiger partial charge in [0.05, 0.1) is 24.1 Å². The fourth-order valence-electron chi connectivity index (χ4n) is 3.44. The van der Waals surface area contributed by atoms with Crippen molar-refractivity contribution in [3.63, 3.8) is 0 Å². The van der Waals surface area contributed by atoms with Gasteiger partial charge < -0.3 is 4.74 Å². The number of amides is 1. The summed E-state index contributed by atoms with van der Waals surface area (Å²) < 4.78 is 46.7. The lowest BCUT2D eigenvalue weighted by atomic mass is 10.1. The number of carbonyl (C=O) groups excluding carboxylic acids is 1. The van der Waals surface area contributed by atoms with Crippen molar-refractivity contribution in [2.75, 3.05) is 12.4 Å². The number of nitrogens with one attached hydrogen (secondary N) is 1. The smallest absolute Gasteiger partial charge is 0.417 e. The van der Waals surface area contributed by atoms with Crippen LogP contribution in [0.1, 0.15) is 18.1 Å². The van der Waals surface area contributed by atoms with Crippen molar-refractivity contribution in [1.29, 1.82) is 0 Å². The van der Waals surface area contributed by atoms with Gasteiger partial charge in [0.2, 0.25) is 0 Å². The standard InChI is InChI=1S/C26H21ClF3N5O2S/c1-2-37-21-13-11-20(12-14-21)35-24(17-7-9-19(27)10-8-17)33-34-25(35)38-16-23(36)32-31-15-18-5-3-4-6-22(18)26(28,29)30/h3-15H,2,16H2,1H3,(H,32,36)/b31-15+. The van der Waals surface area contributed by atoms with Crippen molar-refractivity contribution in [1.82, 2.24) is 20.2 Å². The molecule has 0 radical (unpaired) electrons. The Hall–Kier alpha value is -3.83. The van der Waals surface area contributed by atoms with Crippen LogP contribution in [0.4, 0.5) is 13.2 Å². The largest absolute Gasteiger partial charge is 0.494 e. The molecular weight excluding hydrogens is 539 g/mol. The normalized spacial score (nSPS) is 11.6. The van der Waals surface area contributed by atoms with Gasteiger partial charge in [-0.3, -0.25) is 9.36 Å². The molecule has 0 aliphatic carbocycles. The van der Waals surface area contributed by atoms with Crippen molar-refractivity contribution in [2.24, 2.45) is 5.10 Å². The highest BCUT2D eigenvalue weighted by Gasteiger charge is 2.32. The highest BCUT2D eigenvalue weighted by molar-refractivity contribution is 7.99. The third-order valence-corrected chi connectivity index (χ3v) is 6.31. The Balaban J connectivity index is 1.52. The van der Waals surface area contributed by atoms with E-state index >= 15 is 0 Å². The predicted octanol–water partition coefficient (Wildman–Crippen LogP) is 6.25. The molecule has 0 bridgehead atoms. The van der Waals surface area contributed by atoms with E-state index in [1.807, 2.05) is 43.3 Å². The maximum Gasteiger partial charge on any atom is 0.417 e. The Morgan fingerprint density at radius 2 is 1.79 bits per heavy atom. The minimum absolute atomic E-state index is 0.103. The summed E-state index contributed by atoms with van der Waals surface area (Å²) in [5, 5.41) is 13.3. The number of carbonyl (C=O) groups is 1. The highest BCUT2D eigenvalue weighted by atomic mass is 35.5. The van der Waals surface area contributed by atoms with Crippen molar-refractivity contribution >= 4 is 35.5 Å². The molecule has 1 amide bonds. The summed E-state index contributed by atoms with van der Waals surface area (Å²) in [5.74, 6) is 0.616. The first-order valence-electron chi connectivity index (χ1n) is 11.3. The van der Waals surface area contributed by atoms with Gasteiger partial charge in [0.25, 0.3) is 5.91 Å². The van der Waals surface area contributed by atoms with Crippen LogP contribution in [0, 0.1) is 0 Å². The molecule has 0 unspecified atom stereocenters. The van der Waals surface area contributed by atoms with E-state index in [0.717, 1.165) is 35.3 Å². The van der Waals surface area contributed by atoms with Crippen molar-refractivity contribution in [3.05, 3.63) is 88.9 Å². The van der Waals surface area contributed by atoms with Crippen LogP contribution in [0.2, 0.25) is 5.02 Å². The molecule has 1 N–H and O–H groups in total. The van der Waals surface area contributed by atoms with Gasteiger partial charge in [0.15, 0.2) is 11.0 Å². The molecule has 0 saturated carbocycles. The lowest BCUT2D eigenvalue weighted by Crippen LogP contribution is -2.20. The van der Waals surface area contributed by atoms with E-state index in [9.17, 15) is 18.0 Å². The van der Waals surface area contributed by atoms with Crippen LogP contribution in [0.3, 0.4) is 0 Å². The van der Waals surface area contributed by atoms with E-state index in [-0.39, 0.29) is 11.3 Å². The van der Waals surface area contributed by atoms with E-state index in [4.69, 9.17) is 16.3 Å². The number of rotatable bonds is 9. The quantitative estimate of drug-likeness (QED) is 0.149. The average molecular weight is 560 g/mol. The fraction of sp³-hybridized carbons (Fsp3) is 0.154. The molecule has 1 aromatic heterocycles. The first kappa shape index (κ1) is 27.2. The van der Waals surface area contributed by atoms with Crippen LogP contribution < -0.4 is 10.2 Å². The monoisotopic (exact) mass is 559 g/mol. The lowest BCUT2D eigenvalue weighted by molar-refractivity contribution is -0.137. The maximum atomic E-state index is 13.1. The van der Waals surface area contributed by atoms with E-state index in [0.29, 0.717) is 28.4 Å². The first-order valence-corrected chi connectivity index (χ1v) is 12.7. The van der Waals surface area contributed by atoms with Gasteiger partial charge in [-0.15, -0.1) is 10.2 Å². The molecular formula is C26H21ClF3N5O2S. The van der Waals surface area contributed by atoms with Gasteiger partial charge in [-0.05, 0) is 61.5 Å². The SMILES string of the molecule is CCOc1ccc(-n2c(SCC(=O)N/N=C/c3ccccc3C(F)(F)F)nnc2-c2ccc(Cl)cc2)cc1. The summed E-state index contributed by atoms with van der Waals surface area (Å²) in [7, 11) is 0. The van der Waals surface area contributed by atoms with Crippen LogP contribution in [-0.2, 0) is 11.0 Å². The number of halogens is 4. The zero-order valence-corrected chi connectivity index (χ0v) is 21.5. The fourth-order valence-corrected chi connectivity index (χ4v) is 4.31. The summed E-state index contributed by atoms with van der Waals surface area (Å²) in [6.07, 6.45) is -3.57. The Labute approximate surface area is 225 Å². The van der Waals surface area contributed by atoms with Crippen molar-refractivity contribution in [2.45, 2.75) is 18.3 Å². The second kappa shape index (κ2) is 12.1. The Morgan fingerprint density at radius 1 is 1.08 bits per heavy atom. The van der Waals surface area contributed by atoms with Gasteiger partial charge in [-0.25, -0.2) is 5.43 Å². The average Bonchev–Trinajstić information content (AvgIpc) is 3.32. The molecule has 0 aliphatic heterocycles. The van der Waals surface area contributed by atoms with Crippen LogP contribution in [0.15, 0.2) is 83.1 Å². The van der Waals surface area contributed by atoms with Gasteiger partial charge >= 0.3 is 6.18 Å². The van der Waals surface area contributed by atoms with Gasteiger partial charge in [0, 0.05) is 21.8 Å². The van der Waals surface area contributed by atoms with Crippen molar-refractivity contribution < 1.29 is 22.7 Å². The van der Waals surface area contributed by atoms with Crippen molar-refractivity contribution in [3.8, 4) is 22.8 Å². The van der Waals surface area contributed by atoms with E-state index in [1.54, 1.807) is 16.7 Å². The van der Waals surface area contributed by atoms with Crippen LogP contribution in [0.5, 0.6) is 5.75 Å². The molecule has 7 nitrogen and oxygen atoms in total. The third-order valence-electron chi connectivity index (χ3n) is 5.13. The number of aromatic nitrogens is 3. The zero-order chi connectivity index (χ0) is 27.1. The molecule has 0 fully saturated rings. The number of nitrogens with zero attached hydrogens (tertiary/aromatic N) is 4.